The van der Waals surface area contributed by atoms with Crippen molar-refractivity contribution in [1.29, 1.82) is 0 Å². The molecular formula is C18H28N2O. The van der Waals surface area contributed by atoms with Gasteiger partial charge >= 0.3 is 0 Å². The van der Waals surface area contributed by atoms with Crippen molar-refractivity contribution < 1.29 is 4.79 Å². The molecule has 1 amide bonds. The van der Waals surface area contributed by atoms with Crippen molar-refractivity contribution in [2.24, 2.45) is 5.92 Å². The second-order valence-electron chi connectivity index (χ2n) is 6.60. The van der Waals surface area contributed by atoms with Crippen molar-refractivity contribution >= 4 is 5.91 Å². The summed E-state index contributed by atoms with van der Waals surface area (Å²) in [6.07, 6.45) is 2.58. The third kappa shape index (κ3) is 4.07. The number of aryl methyl sites for hydroxylation is 1. The molecule has 0 aromatic heterocycles. The van der Waals surface area contributed by atoms with Crippen molar-refractivity contribution in [3.05, 3.63) is 35.4 Å². The van der Waals surface area contributed by atoms with Gasteiger partial charge in [-0.15, -0.1) is 0 Å². The Balaban J connectivity index is 2.07. The molecule has 1 heterocycles. The second-order valence-corrected chi connectivity index (χ2v) is 6.60. The van der Waals surface area contributed by atoms with E-state index in [0.717, 1.165) is 12.1 Å². The Morgan fingerprint density at radius 2 is 1.76 bits per heavy atom. The fourth-order valence-electron chi connectivity index (χ4n) is 3.06. The average molecular weight is 288 g/mol. The molecule has 1 aromatic carbocycles. The highest BCUT2D eigenvalue weighted by Crippen LogP contribution is 2.17. The smallest absolute Gasteiger partial charge is 0.253 e. The maximum atomic E-state index is 12.7. The normalized spacial score (nSPS) is 17.2. The second kappa shape index (κ2) is 7.08. The van der Waals surface area contributed by atoms with E-state index >= 15 is 0 Å². The third-order valence-electron chi connectivity index (χ3n) is 4.53. The molecule has 1 atom stereocenters. The largest absolute Gasteiger partial charge is 0.337 e. The molecule has 0 radical (unpaired) electrons. The van der Waals surface area contributed by atoms with Gasteiger partial charge in [-0.3, -0.25) is 4.79 Å². The van der Waals surface area contributed by atoms with Crippen molar-refractivity contribution in [1.82, 2.24) is 9.80 Å². The first kappa shape index (κ1) is 16.0. The molecular weight excluding hydrogens is 260 g/mol. The molecule has 0 aliphatic carbocycles. The van der Waals surface area contributed by atoms with Gasteiger partial charge in [-0.2, -0.15) is 0 Å². The molecule has 3 heteroatoms. The molecule has 0 saturated carbocycles. The maximum Gasteiger partial charge on any atom is 0.253 e. The SMILES string of the molecule is Cc1ccc(C(=O)N(C)[C@H](CN2CCCC2)C(C)C)cc1. The summed E-state index contributed by atoms with van der Waals surface area (Å²) < 4.78 is 0. The van der Waals surface area contributed by atoms with Crippen LogP contribution in [-0.2, 0) is 0 Å². The summed E-state index contributed by atoms with van der Waals surface area (Å²) in [5, 5.41) is 0. The number of carbonyl (C=O) groups excluding carboxylic acids is 1. The molecule has 0 spiro atoms. The summed E-state index contributed by atoms with van der Waals surface area (Å²) in [6.45, 7) is 9.80. The van der Waals surface area contributed by atoms with Crippen LogP contribution in [0.15, 0.2) is 24.3 Å². The number of likely N-dealkylation sites (tertiary alicyclic amines) is 1. The topological polar surface area (TPSA) is 23.6 Å². The van der Waals surface area contributed by atoms with Crippen LogP contribution < -0.4 is 0 Å². The Morgan fingerprint density at radius 1 is 1.19 bits per heavy atom. The molecule has 1 fully saturated rings. The van der Waals surface area contributed by atoms with E-state index in [1.807, 2.05) is 43.1 Å². The van der Waals surface area contributed by atoms with Gasteiger partial charge in [-0.05, 0) is 50.9 Å². The van der Waals surface area contributed by atoms with Gasteiger partial charge < -0.3 is 9.80 Å². The number of amides is 1. The molecule has 1 aliphatic heterocycles. The number of benzene rings is 1. The minimum atomic E-state index is 0.132. The standard InChI is InChI=1S/C18H28N2O/c1-14(2)17(13-20-11-5-6-12-20)19(4)18(21)16-9-7-15(3)8-10-16/h7-10,14,17H,5-6,11-13H2,1-4H3/t17-/m1/s1. The zero-order valence-corrected chi connectivity index (χ0v) is 13.8. The zero-order valence-electron chi connectivity index (χ0n) is 13.8. The molecule has 1 aliphatic rings. The van der Waals surface area contributed by atoms with Gasteiger partial charge in [0.2, 0.25) is 0 Å². The van der Waals surface area contributed by atoms with E-state index in [-0.39, 0.29) is 11.9 Å². The quantitative estimate of drug-likeness (QED) is 0.831. The lowest BCUT2D eigenvalue weighted by Crippen LogP contribution is -2.47. The van der Waals surface area contributed by atoms with Crippen LogP contribution in [0.25, 0.3) is 0 Å². The maximum absolute atomic E-state index is 12.7. The number of nitrogens with zero attached hydrogens (tertiary/aromatic N) is 2. The summed E-state index contributed by atoms with van der Waals surface area (Å²) in [5.74, 6) is 0.595. The fourth-order valence-corrected chi connectivity index (χ4v) is 3.06. The lowest BCUT2D eigenvalue weighted by molar-refractivity contribution is 0.0641. The molecule has 0 N–H and O–H groups in total. The van der Waals surface area contributed by atoms with Crippen LogP contribution in [0.4, 0.5) is 0 Å². The summed E-state index contributed by atoms with van der Waals surface area (Å²) in [7, 11) is 1.95. The van der Waals surface area contributed by atoms with Crippen molar-refractivity contribution in [3.8, 4) is 0 Å². The summed E-state index contributed by atoms with van der Waals surface area (Å²) in [6, 6.07) is 8.15. The molecule has 0 unspecified atom stereocenters. The van der Waals surface area contributed by atoms with Crippen LogP contribution in [0.2, 0.25) is 0 Å². The van der Waals surface area contributed by atoms with Gasteiger partial charge in [0.1, 0.15) is 0 Å². The highest BCUT2D eigenvalue weighted by atomic mass is 16.2. The lowest BCUT2D eigenvalue weighted by Gasteiger charge is -2.34. The first-order valence-corrected chi connectivity index (χ1v) is 8.05. The predicted octanol–water partition coefficient (Wildman–Crippen LogP) is 3.19. The van der Waals surface area contributed by atoms with E-state index in [2.05, 4.69) is 18.7 Å². The van der Waals surface area contributed by atoms with Crippen molar-refractivity contribution in [2.75, 3.05) is 26.7 Å². The Labute approximate surface area is 128 Å². The van der Waals surface area contributed by atoms with Gasteiger partial charge in [0.05, 0.1) is 0 Å². The van der Waals surface area contributed by atoms with Gasteiger partial charge in [0, 0.05) is 25.2 Å². The summed E-state index contributed by atoms with van der Waals surface area (Å²) >= 11 is 0. The van der Waals surface area contributed by atoms with Gasteiger partial charge in [-0.25, -0.2) is 0 Å². The molecule has 3 nitrogen and oxygen atoms in total. The Morgan fingerprint density at radius 3 is 2.29 bits per heavy atom. The monoisotopic (exact) mass is 288 g/mol. The molecule has 116 valence electrons. The lowest BCUT2D eigenvalue weighted by atomic mass is 10.0. The number of rotatable bonds is 5. The van der Waals surface area contributed by atoms with Gasteiger partial charge in [-0.1, -0.05) is 31.5 Å². The Bertz CT molecular complexity index is 461. The van der Waals surface area contributed by atoms with E-state index in [4.69, 9.17) is 0 Å². The van der Waals surface area contributed by atoms with Crippen LogP contribution in [0.1, 0.15) is 42.6 Å². The van der Waals surface area contributed by atoms with Gasteiger partial charge in [0.25, 0.3) is 5.91 Å². The minimum Gasteiger partial charge on any atom is -0.337 e. The summed E-state index contributed by atoms with van der Waals surface area (Å²) in [4.78, 5) is 17.1. The first-order chi connectivity index (χ1) is 9.99. The van der Waals surface area contributed by atoms with Crippen molar-refractivity contribution in [3.63, 3.8) is 0 Å². The number of likely N-dealkylation sites (N-methyl/N-ethyl adjacent to an activating group) is 1. The van der Waals surface area contributed by atoms with Crippen LogP contribution >= 0.6 is 0 Å². The highest BCUT2D eigenvalue weighted by molar-refractivity contribution is 5.94. The van der Waals surface area contributed by atoms with E-state index in [1.54, 1.807) is 0 Å². The molecule has 21 heavy (non-hydrogen) atoms. The van der Waals surface area contributed by atoms with Gasteiger partial charge in [0.15, 0.2) is 0 Å². The molecule has 2 rings (SSSR count). The van der Waals surface area contributed by atoms with Crippen LogP contribution in [0.5, 0.6) is 0 Å². The Hall–Kier alpha value is -1.35. The van der Waals surface area contributed by atoms with Crippen molar-refractivity contribution in [2.45, 2.75) is 39.7 Å². The van der Waals surface area contributed by atoms with Crippen LogP contribution in [0, 0.1) is 12.8 Å². The molecule has 1 saturated heterocycles. The molecule has 0 bridgehead atoms. The van der Waals surface area contributed by atoms with E-state index in [1.165, 1.54) is 31.5 Å². The Kier molecular flexibility index (Phi) is 5.40. The fraction of sp³-hybridized carbons (Fsp3) is 0.611. The first-order valence-electron chi connectivity index (χ1n) is 8.05. The summed E-state index contributed by atoms with van der Waals surface area (Å²) in [5.41, 5.74) is 1.97. The number of hydrogen-bond acceptors (Lipinski definition) is 2. The average Bonchev–Trinajstić information content (AvgIpc) is 2.97. The third-order valence-corrected chi connectivity index (χ3v) is 4.53. The van der Waals surface area contributed by atoms with E-state index in [9.17, 15) is 4.79 Å². The van der Waals surface area contributed by atoms with E-state index < -0.39 is 0 Å². The predicted molar refractivity (Wildman–Crippen MR) is 87.6 cm³/mol. The van der Waals surface area contributed by atoms with E-state index in [0.29, 0.717) is 5.92 Å². The molecule has 1 aromatic rings. The van der Waals surface area contributed by atoms with Crippen LogP contribution in [-0.4, -0.2) is 48.4 Å². The van der Waals surface area contributed by atoms with Crippen LogP contribution in [0.3, 0.4) is 0 Å². The number of hydrogen-bond donors (Lipinski definition) is 0. The highest BCUT2D eigenvalue weighted by Gasteiger charge is 2.27. The zero-order chi connectivity index (χ0) is 15.4. The number of carbonyl (C=O) groups is 1. The minimum absolute atomic E-state index is 0.132.